The van der Waals surface area contributed by atoms with E-state index in [9.17, 15) is 5.11 Å². The van der Waals surface area contributed by atoms with E-state index < -0.39 is 0 Å². The van der Waals surface area contributed by atoms with Crippen LogP contribution in [0.3, 0.4) is 0 Å². The number of anilines is 2. The van der Waals surface area contributed by atoms with Crippen molar-refractivity contribution in [3.8, 4) is 11.5 Å². The summed E-state index contributed by atoms with van der Waals surface area (Å²) in [6.07, 6.45) is 5.62. The Hall–Kier alpha value is -3.61. The number of aromatic hydroxyl groups is 1. The van der Waals surface area contributed by atoms with Gasteiger partial charge in [-0.2, -0.15) is 10.1 Å². The van der Waals surface area contributed by atoms with Gasteiger partial charge in [-0.15, -0.1) is 0 Å². The highest BCUT2D eigenvalue weighted by Gasteiger charge is 2.26. The Morgan fingerprint density at radius 1 is 1.18 bits per heavy atom. The third kappa shape index (κ3) is 2.72. The number of nitrogens with one attached hydrogen (secondary N) is 1. The SMILES string of the molecule is COc1ccc(Nc2ncc3cnn([C@H]4CCc5ccccc54)c3n2)cc1O. The third-order valence-electron chi connectivity index (χ3n) is 5.17. The summed E-state index contributed by atoms with van der Waals surface area (Å²) >= 11 is 0. The van der Waals surface area contributed by atoms with Gasteiger partial charge in [0.25, 0.3) is 0 Å². The molecule has 4 aromatic rings. The predicted molar refractivity (Wildman–Crippen MR) is 106 cm³/mol. The van der Waals surface area contributed by atoms with Crippen molar-refractivity contribution < 1.29 is 9.84 Å². The summed E-state index contributed by atoms with van der Waals surface area (Å²) in [5.41, 5.74) is 4.14. The molecule has 0 unspecified atom stereocenters. The number of aryl methyl sites for hydroxylation is 1. The summed E-state index contributed by atoms with van der Waals surface area (Å²) in [5, 5.41) is 18.6. The number of hydrogen-bond donors (Lipinski definition) is 2. The standard InChI is InChI=1S/C21H19N5O2/c1-28-19-9-7-15(10-18(19)27)24-21-22-11-14-12-23-26(20(14)25-21)17-8-6-13-4-2-3-5-16(13)17/h2-5,7,9-12,17,27H,6,8H2,1H3,(H,22,24,25)/t17-/m0/s1. The second kappa shape index (κ2) is 6.53. The van der Waals surface area contributed by atoms with E-state index in [4.69, 9.17) is 4.74 Å². The van der Waals surface area contributed by atoms with Crippen LogP contribution in [0.4, 0.5) is 11.6 Å². The van der Waals surface area contributed by atoms with Gasteiger partial charge in [0.1, 0.15) is 0 Å². The van der Waals surface area contributed by atoms with Crippen molar-refractivity contribution in [1.82, 2.24) is 19.7 Å². The van der Waals surface area contributed by atoms with Crippen molar-refractivity contribution in [1.29, 1.82) is 0 Å². The number of aromatic nitrogens is 4. The number of hydrogen-bond acceptors (Lipinski definition) is 6. The quantitative estimate of drug-likeness (QED) is 0.566. The largest absolute Gasteiger partial charge is 0.504 e. The fourth-order valence-electron chi connectivity index (χ4n) is 3.81. The number of nitrogens with zero attached hydrogens (tertiary/aromatic N) is 4. The molecular weight excluding hydrogens is 354 g/mol. The van der Waals surface area contributed by atoms with Gasteiger partial charge in [0.2, 0.25) is 5.95 Å². The molecule has 2 N–H and O–H groups in total. The molecule has 1 aliphatic rings. The molecule has 0 fully saturated rings. The number of benzene rings is 2. The van der Waals surface area contributed by atoms with Crippen molar-refractivity contribution in [3.63, 3.8) is 0 Å². The molecule has 5 rings (SSSR count). The van der Waals surface area contributed by atoms with Crippen molar-refractivity contribution in [2.75, 3.05) is 12.4 Å². The number of fused-ring (bicyclic) bond motifs is 2. The summed E-state index contributed by atoms with van der Waals surface area (Å²) in [6, 6.07) is 13.8. The van der Waals surface area contributed by atoms with E-state index in [1.54, 1.807) is 30.6 Å². The minimum absolute atomic E-state index is 0.0567. The van der Waals surface area contributed by atoms with Gasteiger partial charge in [-0.3, -0.25) is 0 Å². The number of ether oxygens (including phenoxy) is 1. The molecule has 0 saturated heterocycles. The van der Waals surface area contributed by atoms with Gasteiger partial charge in [0.05, 0.1) is 24.7 Å². The first-order chi connectivity index (χ1) is 13.7. The Labute approximate surface area is 161 Å². The maximum absolute atomic E-state index is 9.97. The van der Waals surface area contributed by atoms with E-state index in [-0.39, 0.29) is 11.8 Å². The molecule has 0 saturated carbocycles. The molecule has 0 spiro atoms. The summed E-state index contributed by atoms with van der Waals surface area (Å²) in [5.74, 6) is 0.922. The van der Waals surface area contributed by atoms with Gasteiger partial charge in [-0.1, -0.05) is 24.3 Å². The average molecular weight is 373 g/mol. The lowest BCUT2D eigenvalue weighted by atomic mass is 10.1. The first-order valence-corrected chi connectivity index (χ1v) is 9.15. The summed E-state index contributed by atoms with van der Waals surface area (Å²) in [6.45, 7) is 0. The van der Waals surface area contributed by atoms with E-state index in [1.165, 1.54) is 18.2 Å². The van der Waals surface area contributed by atoms with Gasteiger partial charge in [0.15, 0.2) is 17.1 Å². The van der Waals surface area contributed by atoms with Crippen LogP contribution in [0, 0.1) is 0 Å². The zero-order valence-corrected chi connectivity index (χ0v) is 15.3. The van der Waals surface area contributed by atoms with Crippen LogP contribution in [0.25, 0.3) is 11.0 Å². The number of phenols is 1. The molecule has 0 bridgehead atoms. The first kappa shape index (κ1) is 16.6. The molecule has 1 aliphatic carbocycles. The van der Waals surface area contributed by atoms with Gasteiger partial charge < -0.3 is 15.2 Å². The molecule has 0 aliphatic heterocycles. The second-order valence-corrected chi connectivity index (χ2v) is 6.83. The number of rotatable bonds is 4. The Morgan fingerprint density at radius 2 is 2.07 bits per heavy atom. The zero-order chi connectivity index (χ0) is 19.1. The molecular formula is C21H19N5O2. The van der Waals surface area contributed by atoms with Crippen LogP contribution in [-0.2, 0) is 6.42 Å². The Morgan fingerprint density at radius 3 is 2.93 bits per heavy atom. The molecule has 7 heteroatoms. The summed E-state index contributed by atoms with van der Waals surface area (Å²) < 4.78 is 7.06. The lowest BCUT2D eigenvalue weighted by Crippen LogP contribution is -2.10. The van der Waals surface area contributed by atoms with E-state index in [1.807, 2.05) is 4.68 Å². The van der Waals surface area contributed by atoms with Crippen molar-refractivity contribution in [3.05, 3.63) is 66.0 Å². The van der Waals surface area contributed by atoms with Gasteiger partial charge >= 0.3 is 0 Å². The number of methoxy groups -OCH3 is 1. The minimum Gasteiger partial charge on any atom is -0.504 e. The van der Waals surface area contributed by atoms with Gasteiger partial charge in [-0.05, 0) is 36.1 Å². The molecule has 2 heterocycles. The summed E-state index contributed by atoms with van der Waals surface area (Å²) in [7, 11) is 1.52. The Balaban J connectivity index is 1.50. The highest BCUT2D eigenvalue weighted by Crippen LogP contribution is 2.35. The maximum Gasteiger partial charge on any atom is 0.229 e. The molecule has 140 valence electrons. The monoisotopic (exact) mass is 373 g/mol. The van der Waals surface area contributed by atoms with Crippen molar-refractivity contribution in [2.24, 2.45) is 0 Å². The normalized spacial score (nSPS) is 15.5. The van der Waals surface area contributed by atoms with Gasteiger partial charge in [0, 0.05) is 18.0 Å². The summed E-state index contributed by atoms with van der Waals surface area (Å²) in [4.78, 5) is 9.06. The Bertz CT molecular complexity index is 1170. The average Bonchev–Trinajstić information content (AvgIpc) is 3.31. The smallest absolute Gasteiger partial charge is 0.229 e. The van der Waals surface area contributed by atoms with E-state index in [0.29, 0.717) is 17.4 Å². The molecule has 2 aromatic carbocycles. The fraction of sp³-hybridized carbons (Fsp3) is 0.190. The van der Waals surface area contributed by atoms with Crippen LogP contribution >= 0.6 is 0 Å². The highest BCUT2D eigenvalue weighted by molar-refractivity contribution is 5.75. The molecule has 1 atom stereocenters. The molecule has 7 nitrogen and oxygen atoms in total. The number of phenolic OH excluding ortho intramolecular Hbond substituents is 1. The lowest BCUT2D eigenvalue weighted by molar-refractivity contribution is 0.373. The van der Waals surface area contributed by atoms with Crippen LogP contribution < -0.4 is 10.1 Å². The molecule has 0 radical (unpaired) electrons. The minimum atomic E-state index is 0.0567. The maximum atomic E-state index is 9.97. The molecule has 0 amide bonds. The van der Waals surface area contributed by atoms with Gasteiger partial charge in [-0.25, -0.2) is 9.67 Å². The molecule has 28 heavy (non-hydrogen) atoms. The van der Waals surface area contributed by atoms with Crippen LogP contribution in [-0.4, -0.2) is 32.0 Å². The fourth-order valence-corrected chi connectivity index (χ4v) is 3.81. The molecule has 2 aromatic heterocycles. The van der Waals surface area contributed by atoms with E-state index >= 15 is 0 Å². The first-order valence-electron chi connectivity index (χ1n) is 9.15. The Kier molecular flexibility index (Phi) is 3.86. The lowest BCUT2D eigenvalue weighted by Gasteiger charge is -2.13. The topological polar surface area (TPSA) is 85.1 Å². The van der Waals surface area contributed by atoms with Crippen LogP contribution in [0.1, 0.15) is 23.6 Å². The zero-order valence-electron chi connectivity index (χ0n) is 15.3. The van der Waals surface area contributed by atoms with Crippen molar-refractivity contribution >= 4 is 22.7 Å². The third-order valence-corrected chi connectivity index (χ3v) is 5.17. The van der Waals surface area contributed by atoms with Crippen molar-refractivity contribution in [2.45, 2.75) is 18.9 Å². The van der Waals surface area contributed by atoms with Crippen LogP contribution in [0.5, 0.6) is 11.5 Å². The second-order valence-electron chi connectivity index (χ2n) is 6.83. The highest BCUT2D eigenvalue weighted by atomic mass is 16.5. The predicted octanol–water partition coefficient (Wildman–Crippen LogP) is 3.82. The van der Waals surface area contributed by atoms with Crippen LogP contribution in [0.2, 0.25) is 0 Å². The van der Waals surface area contributed by atoms with E-state index in [2.05, 4.69) is 44.6 Å². The van der Waals surface area contributed by atoms with E-state index in [0.717, 1.165) is 23.9 Å². The van der Waals surface area contributed by atoms with Crippen LogP contribution in [0.15, 0.2) is 54.9 Å².